The standard InChI is InChI=1S/C22H26/c1-21(2)13-15-9-5-7-11-17(15)19(21)20-18-12-8-6-10-16(18)14-22(20,3)4/h5-12,19-20H,13-14H2,1-4H3/t19-,20+. The first-order valence-corrected chi connectivity index (χ1v) is 8.56. The molecule has 0 unspecified atom stereocenters. The SMILES string of the molecule is CC1(C)Cc2ccccc2[C@@H]1[C@@H]1c2ccccc2CC1(C)C. The maximum Gasteiger partial charge on any atom is -0.00305 e. The van der Waals surface area contributed by atoms with E-state index in [1.807, 2.05) is 0 Å². The topological polar surface area (TPSA) is 0 Å². The van der Waals surface area contributed by atoms with Crippen molar-refractivity contribution in [3.05, 3.63) is 70.8 Å². The lowest BCUT2D eigenvalue weighted by Gasteiger charge is -2.40. The molecule has 2 atom stereocenters. The average Bonchev–Trinajstić information content (AvgIpc) is 2.86. The molecular formula is C22H26. The molecule has 0 heterocycles. The van der Waals surface area contributed by atoms with Gasteiger partial charge < -0.3 is 0 Å². The molecule has 0 bridgehead atoms. The van der Waals surface area contributed by atoms with Gasteiger partial charge in [0.2, 0.25) is 0 Å². The van der Waals surface area contributed by atoms with Gasteiger partial charge in [-0.15, -0.1) is 0 Å². The van der Waals surface area contributed by atoms with E-state index in [1.54, 1.807) is 22.3 Å². The molecule has 0 saturated carbocycles. The fraction of sp³-hybridized carbons (Fsp3) is 0.455. The molecule has 0 aromatic heterocycles. The predicted octanol–water partition coefficient (Wildman–Crippen LogP) is 5.72. The Morgan fingerprint density at radius 1 is 0.636 bits per heavy atom. The van der Waals surface area contributed by atoms with E-state index >= 15 is 0 Å². The van der Waals surface area contributed by atoms with Gasteiger partial charge in [0.15, 0.2) is 0 Å². The molecule has 4 rings (SSSR count). The molecule has 0 amide bonds. The largest absolute Gasteiger partial charge is 0.0620 e. The summed E-state index contributed by atoms with van der Waals surface area (Å²) in [5, 5.41) is 0. The van der Waals surface area contributed by atoms with Crippen molar-refractivity contribution < 1.29 is 0 Å². The number of benzene rings is 2. The molecular weight excluding hydrogens is 264 g/mol. The summed E-state index contributed by atoms with van der Waals surface area (Å²) < 4.78 is 0. The summed E-state index contributed by atoms with van der Waals surface area (Å²) in [6.07, 6.45) is 2.42. The number of hydrogen-bond donors (Lipinski definition) is 0. The van der Waals surface area contributed by atoms with Crippen LogP contribution in [-0.2, 0) is 12.8 Å². The Bertz CT molecular complexity index is 657. The van der Waals surface area contributed by atoms with Gasteiger partial charge in [0, 0.05) is 0 Å². The van der Waals surface area contributed by atoms with Crippen LogP contribution in [0.25, 0.3) is 0 Å². The van der Waals surface area contributed by atoms with Crippen molar-refractivity contribution in [2.45, 2.75) is 52.4 Å². The van der Waals surface area contributed by atoms with E-state index in [4.69, 9.17) is 0 Å². The third-order valence-electron chi connectivity index (χ3n) is 6.09. The van der Waals surface area contributed by atoms with Crippen LogP contribution in [0.15, 0.2) is 48.5 Å². The van der Waals surface area contributed by atoms with Crippen molar-refractivity contribution in [3.63, 3.8) is 0 Å². The van der Waals surface area contributed by atoms with Crippen LogP contribution in [0.5, 0.6) is 0 Å². The van der Waals surface area contributed by atoms with E-state index in [1.165, 1.54) is 12.8 Å². The lowest BCUT2D eigenvalue weighted by Crippen LogP contribution is -2.30. The Morgan fingerprint density at radius 3 is 1.41 bits per heavy atom. The second kappa shape index (κ2) is 4.47. The molecule has 2 aliphatic rings. The molecule has 0 spiro atoms. The monoisotopic (exact) mass is 290 g/mol. The van der Waals surface area contributed by atoms with Crippen LogP contribution in [0.3, 0.4) is 0 Å². The maximum atomic E-state index is 2.47. The van der Waals surface area contributed by atoms with Crippen LogP contribution in [0, 0.1) is 10.8 Å². The summed E-state index contributed by atoms with van der Waals surface area (Å²) in [6, 6.07) is 18.3. The summed E-state index contributed by atoms with van der Waals surface area (Å²) in [5.74, 6) is 1.25. The fourth-order valence-corrected chi connectivity index (χ4v) is 5.30. The Kier molecular flexibility index (Phi) is 2.86. The zero-order valence-electron chi connectivity index (χ0n) is 14.2. The Balaban J connectivity index is 1.90. The van der Waals surface area contributed by atoms with Crippen molar-refractivity contribution in [1.29, 1.82) is 0 Å². The second-order valence-electron chi connectivity index (χ2n) is 8.68. The number of rotatable bonds is 1. The molecule has 0 fully saturated rings. The Hall–Kier alpha value is -1.56. The van der Waals surface area contributed by atoms with Gasteiger partial charge in [-0.05, 0) is 57.8 Å². The first-order chi connectivity index (χ1) is 10.4. The van der Waals surface area contributed by atoms with Gasteiger partial charge in [-0.1, -0.05) is 76.2 Å². The number of fused-ring (bicyclic) bond motifs is 2. The maximum absolute atomic E-state index is 2.47. The molecule has 0 nitrogen and oxygen atoms in total. The Labute approximate surface area is 134 Å². The molecule has 2 aromatic rings. The second-order valence-corrected chi connectivity index (χ2v) is 8.68. The van der Waals surface area contributed by atoms with E-state index in [0.29, 0.717) is 22.7 Å². The quantitative estimate of drug-likeness (QED) is 0.630. The van der Waals surface area contributed by atoms with Crippen LogP contribution in [0.4, 0.5) is 0 Å². The van der Waals surface area contributed by atoms with Crippen LogP contribution < -0.4 is 0 Å². The first-order valence-electron chi connectivity index (χ1n) is 8.56. The van der Waals surface area contributed by atoms with Gasteiger partial charge in [-0.25, -0.2) is 0 Å². The van der Waals surface area contributed by atoms with Crippen molar-refractivity contribution in [3.8, 4) is 0 Å². The van der Waals surface area contributed by atoms with Crippen LogP contribution >= 0.6 is 0 Å². The molecule has 0 radical (unpaired) electrons. The number of hydrogen-bond acceptors (Lipinski definition) is 0. The van der Waals surface area contributed by atoms with Crippen molar-refractivity contribution >= 4 is 0 Å². The zero-order chi connectivity index (χ0) is 15.5. The van der Waals surface area contributed by atoms with Crippen LogP contribution in [0.2, 0.25) is 0 Å². The van der Waals surface area contributed by atoms with Crippen molar-refractivity contribution in [2.24, 2.45) is 10.8 Å². The van der Waals surface area contributed by atoms with E-state index in [2.05, 4.69) is 76.2 Å². The summed E-state index contributed by atoms with van der Waals surface area (Å²) in [4.78, 5) is 0. The van der Waals surface area contributed by atoms with Gasteiger partial charge in [0.05, 0.1) is 0 Å². The highest BCUT2D eigenvalue weighted by Crippen LogP contribution is 2.62. The van der Waals surface area contributed by atoms with E-state index < -0.39 is 0 Å². The van der Waals surface area contributed by atoms with Gasteiger partial charge in [0.1, 0.15) is 0 Å². The highest BCUT2D eigenvalue weighted by molar-refractivity contribution is 5.47. The molecule has 2 aromatic carbocycles. The third-order valence-corrected chi connectivity index (χ3v) is 6.09. The molecule has 114 valence electrons. The van der Waals surface area contributed by atoms with Gasteiger partial charge in [-0.2, -0.15) is 0 Å². The van der Waals surface area contributed by atoms with Gasteiger partial charge in [-0.3, -0.25) is 0 Å². The lowest BCUT2D eigenvalue weighted by molar-refractivity contribution is 0.188. The third kappa shape index (κ3) is 1.89. The predicted molar refractivity (Wildman–Crippen MR) is 93.3 cm³/mol. The minimum atomic E-state index is 0.336. The average molecular weight is 290 g/mol. The lowest BCUT2D eigenvalue weighted by atomic mass is 9.63. The van der Waals surface area contributed by atoms with Crippen molar-refractivity contribution in [2.75, 3.05) is 0 Å². The summed E-state index contributed by atoms with van der Waals surface area (Å²) >= 11 is 0. The van der Waals surface area contributed by atoms with E-state index in [0.717, 1.165) is 0 Å². The minimum Gasteiger partial charge on any atom is -0.0620 e. The summed E-state index contributed by atoms with van der Waals surface area (Å²) in [5.41, 5.74) is 7.01. The van der Waals surface area contributed by atoms with Crippen molar-refractivity contribution in [1.82, 2.24) is 0 Å². The molecule has 2 aliphatic carbocycles. The summed E-state index contributed by atoms with van der Waals surface area (Å²) in [7, 11) is 0. The molecule has 0 heteroatoms. The highest BCUT2D eigenvalue weighted by atomic mass is 14.5. The van der Waals surface area contributed by atoms with Gasteiger partial charge >= 0.3 is 0 Å². The van der Waals surface area contributed by atoms with E-state index in [-0.39, 0.29) is 0 Å². The molecule has 0 aliphatic heterocycles. The normalized spacial score (nSPS) is 27.5. The fourth-order valence-electron chi connectivity index (χ4n) is 5.30. The zero-order valence-corrected chi connectivity index (χ0v) is 14.2. The Morgan fingerprint density at radius 2 is 1.00 bits per heavy atom. The van der Waals surface area contributed by atoms with E-state index in [9.17, 15) is 0 Å². The highest BCUT2D eigenvalue weighted by Gasteiger charge is 2.51. The summed E-state index contributed by atoms with van der Waals surface area (Å²) in [6.45, 7) is 9.87. The molecule has 22 heavy (non-hydrogen) atoms. The van der Waals surface area contributed by atoms with Crippen LogP contribution in [0.1, 0.15) is 61.8 Å². The minimum absolute atomic E-state index is 0.336. The molecule has 0 saturated heterocycles. The van der Waals surface area contributed by atoms with Gasteiger partial charge in [0.25, 0.3) is 0 Å². The van der Waals surface area contributed by atoms with Crippen LogP contribution in [-0.4, -0.2) is 0 Å². The smallest absolute Gasteiger partial charge is 0.00305 e. The molecule has 0 N–H and O–H groups in total. The first kappa shape index (κ1) is 14.1.